The average Bonchev–Trinajstić information content (AvgIpc) is 2.17. The lowest BCUT2D eigenvalue weighted by molar-refractivity contribution is -0.120. The van der Waals surface area contributed by atoms with E-state index >= 15 is 0 Å². The first-order valence-corrected chi connectivity index (χ1v) is 5.86. The molecule has 1 aliphatic carbocycles. The number of para-hydroxylation sites is 1. The Bertz CT molecular complexity index is 390. The van der Waals surface area contributed by atoms with Crippen LogP contribution in [0.15, 0.2) is 24.3 Å². The monoisotopic (exact) mass is 238 g/mol. The number of benzene rings is 1. The summed E-state index contributed by atoms with van der Waals surface area (Å²) in [7, 11) is 0. The maximum absolute atomic E-state index is 11.4. The van der Waals surface area contributed by atoms with Crippen LogP contribution < -0.4 is 11.1 Å². The molecule has 1 unspecified atom stereocenters. The van der Waals surface area contributed by atoms with E-state index in [-0.39, 0.29) is 11.9 Å². The van der Waals surface area contributed by atoms with E-state index in [0.29, 0.717) is 10.9 Å². The van der Waals surface area contributed by atoms with Gasteiger partial charge in [-0.25, -0.2) is 0 Å². The third kappa shape index (κ3) is 2.30. The molecular weight excluding hydrogens is 224 g/mol. The number of primary amides is 1. The van der Waals surface area contributed by atoms with Crippen LogP contribution in [0.25, 0.3) is 0 Å². The number of nitrogens with two attached hydrogens (primary N) is 1. The molecule has 1 saturated carbocycles. The van der Waals surface area contributed by atoms with E-state index in [1.54, 1.807) is 6.07 Å². The predicted molar refractivity (Wildman–Crippen MR) is 65.4 cm³/mol. The second-order valence-electron chi connectivity index (χ2n) is 4.20. The number of hydrogen-bond donors (Lipinski definition) is 2. The highest BCUT2D eigenvalue weighted by Gasteiger charge is 2.31. The summed E-state index contributed by atoms with van der Waals surface area (Å²) in [4.78, 5) is 11.4. The van der Waals surface area contributed by atoms with Gasteiger partial charge in [-0.3, -0.25) is 4.79 Å². The topological polar surface area (TPSA) is 55.1 Å². The molecule has 3 nitrogen and oxygen atoms in total. The van der Waals surface area contributed by atoms with E-state index < -0.39 is 0 Å². The largest absolute Gasteiger partial charge is 0.372 e. The van der Waals surface area contributed by atoms with Crippen molar-refractivity contribution in [1.29, 1.82) is 0 Å². The van der Waals surface area contributed by atoms with Crippen molar-refractivity contribution in [2.45, 2.75) is 25.3 Å². The summed E-state index contributed by atoms with van der Waals surface area (Å²) in [5.74, 6) is 0.0541. The zero-order chi connectivity index (χ0) is 11.5. The fourth-order valence-electron chi connectivity index (χ4n) is 1.94. The van der Waals surface area contributed by atoms with Gasteiger partial charge in [0, 0.05) is 0 Å². The molecule has 0 heterocycles. The number of carbonyl (C=O) groups excluding carboxylic acids is 1. The van der Waals surface area contributed by atoms with Crippen molar-refractivity contribution >= 4 is 23.2 Å². The van der Waals surface area contributed by atoms with Gasteiger partial charge in [0.25, 0.3) is 0 Å². The lowest BCUT2D eigenvalue weighted by atomic mass is 9.79. The Kier molecular flexibility index (Phi) is 3.34. The van der Waals surface area contributed by atoms with E-state index in [2.05, 4.69) is 5.32 Å². The SMILES string of the molecule is NC(=O)C(Nc1ccccc1Cl)C1CCC1. The van der Waals surface area contributed by atoms with Crippen molar-refractivity contribution in [3.63, 3.8) is 0 Å². The smallest absolute Gasteiger partial charge is 0.240 e. The molecule has 1 aromatic rings. The van der Waals surface area contributed by atoms with Gasteiger partial charge in [-0.1, -0.05) is 30.2 Å². The van der Waals surface area contributed by atoms with Gasteiger partial charge in [0.15, 0.2) is 0 Å². The molecule has 0 aliphatic heterocycles. The van der Waals surface area contributed by atoms with Crippen molar-refractivity contribution in [3.8, 4) is 0 Å². The lowest BCUT2D eigenvalue weighted by Gasteiger charge is -2.33. The van der Waals surface area contributed by atoms with Gasteiger partial charge < -0.3 is 11.1 Å². The molecule has 4 heteroatoms. The number of halogens is 1. The zero-order valence-corrected chi connectivity index (χ0v) is 9.70. The van der Waals surface area contributed by atoms with Gasteiger partial charge in [-0.2, -0.15) is 0 Å². The van der Waals surface area contributed by atoms with Crippen molar-refractivity contribution in [2.75, 3.05) is 5.32 Å². The van der Waals surface area contributed by atoms with Crippen molar-refractivity contribution in [1.82, 2.24) is 0 Å². The summed E-state index contributed by atoms with van der Waals surface area (Å²) in [5.41, 5.74) is 6.18. The summed E-state index contributed by atoms with van der Waals surface area (Å²) in [6, 6.07) is 7.09. The minimum absolute atomic E-state index is 0.298. The number of nitrogens with one attached hydrogen (secondary N) is 1. The maximum Gasteiger partial charge on any atom is 0.240 e. The molecule has 1 fully saturated rings. The maximum atomic E-state index is 11.4. The highest BCUT2D eigenvalue weighted by Crippen LogP contribution is 2.32. The van der Waals surface area contributed by atoms with Crippen LogP contribution in [0.4, 0.5) is 5.69 Å². The van der Waals surface area contributed by atoms with Crippen LogP contribution in [-0.4, -0.2) is 11.9 Å². The summed E-state index contributed by atoms with van der Waals surface area (Å²) in [5, 5.41) is 3.76. The third-order valence-electron chi connectivity index (χ3n) is 3.11. The van der Waals surface area contributed by atoms with E-state index in [0.717, 1.165) is 18.5 Å². The first kappa shape index (κ1) is 11.3. The molecule has 1 atom stereocenters. The Morgan fingerprint density at radius 2 is 2.12 bits per heavy atom. The van der Waals surface area contributed by atoms with Crippen molar-refractivity contribution < 1.29 is 4.79 Å². The summed E-state index contributed by atoms with van der Waals surface area (Å²) >= 11 is 6.02. The normalized spacial score (nSPS) is 17.6. The van der Waals surface area contributed by atoms with Crippen LogP contribution in [0.2, 0.25) is 5.02 Å². The van der Waals surface area contributed by atoms with Gasteiger partial charge in [-0.15, -0.1) is 0 Å². The molecular formula is C12H15ClN2O. The Balaban J connectivity index is 2.11. The first-order chi connectivity index (χ1) is 7.68. The Morgan fingerprint density at radius 1 is 1.44 bits per heavy atom. The van der Waals surface area contributed by atoms with Crippen molar-refractivity contribution in [3.05, 3.63) is 29.3 Å². The van der Waals surface area contributed by atoms with E-state index in [9.17, 15) is 4.79 Å². The predicted octanol–water partition coefficient (Wildman–Crippen LogP) is 2.41. The molecule has 2 rings (SSSR count). The molecule has 1 amide bonds. The molecule has 86 valence electrons. The standard InChI is InChI=1S/C12H15ClN2O/c13-9-6-1-2-7-10(9)15-11(12(14)16)8-4-3-5-8/h1-2,6-8,11,15H,3-5H2,(H2,14,16). The molecule has 0 spiro atoms. The van der Waals surface area contributed by atoms with Gasteiger partial charge in [0.05, 0.1) is 10.7 Å². The number of rotatable bonds is 4. The zero-order valence-electron chi connectivity index (χ0n) is 8.95. The Labute approximate surface area is 100.0 Å². The van der Waals surface area contributed by atoms with Crippen LogP contribution in [0.1, 0.15) is 19.3 Å². The number of anilines is 1. The van der Waals surface area contributed by atoms with Crippen LogP contribution in [0.3, 0.4) is 0 Å². The third-order valence-corrected chi connectivity index (χ3v) is 3.44. The fourth-order valence-corrected chi connectivity index (χ4v) is 2.13. The lowest BCUT2D eigenvalue weighted by Crippen LogP contribution is -2.44. The quantitative estimate of drug-likeness (QED) is 0.847. The Hall–Kier alpha value is -1.22. The molecule has 16 heavy (non-hydrogen) atoms. The van der Waals surface area contributed by atoms with E-state index in [1.165, 1.54) is 6.42 Å². The molecule has 0 saturated heterocycles. The summed E-state index contributed by atoms with van der Waals surface area (Å²) < 4.78 is 0. The van der Waals surface area contributed by atoms with Crippen LogP contribution in [-0.2, 0) is 4.79 Å². The van der Waals surface area contributed by atoms with Gasteiger partial charge in [0.2, 0.25) is 5.91 Å². The highest BCUT2D eigenvalue weighted by molar-refractivity contribution is 6.33. The fraction of sp³-hybridized carbons (Fsp3) is 0.417. The molecule has 1 aromatic carbocycles. The number of hydrogen-bond acceptors (Lipinski definition) is 2. The molecule has 3 N–H and O–H groups in total. The minimum Gasteiger partial charge on any atom is -0.372 e. The number of carbonyl (C=O) groups is 1. The highest BCUT2D eigenvalue weighted by atomic mass is 35.5. The van der Waals surface area contributed by atoms with Crippen LogP contribution >= 0.6 is 11.6 Å². The van der Waals surface area contributed by atoms with Gasteiger partial charge in [0.1, 0.15) is 6.04 Å². The second-order valence-corrected chi connectivity index (χ2v) is 4.60. The average molecular weight is 239 g/mol. The van der Waals surface area contributed by atoms with E-state index in [4.69, 9.17) is 17.3 Å². The van der Waals surface area contributed by atoms with Gasteiger partial charge >= 0.3 is 0 Å². The molecule has 0 radical (unpaired) electrons. The van der Waals surface area contributed by atoms with E-state index in [1.807, 2.05) is 18.2 Å². The second kappa shape index (κ2) is 4.74. The molecule has 0 aromatic heterocycles. The van der Waals surface area contributed by atoms with Crippen molar-refractivity contribution in [2.24, 2.45) is 11.7 Å². The summed E-state index contributed by atoms with van der Waals surface area (Å²) in [6.45, 7) is 0. The van der Waals surface area contributed by atoms with Crippen LogP contribution in [0.5, 0.6) is 0 Å². The van der Waals surface area contributed by atoms with Crippen LogP contribution in [0, 0.1) is 5.92 Å². The van der Waals surface area contributed by atoms with Gasteiger partial charge in [-0.05, 0) is 30.9 Å². The summed E-state index contributed by atoms with van der Waals surface area (Å²) in [6.07, 6.45) is 3.30. The first-order valence-electron chi connectivity index (χ1n) is 5.49. The Morgan fingerprint density at radius 3 is 2.62 bits per heavy atom. The number of amides is 1. The minimum atomic E-state index is -0.301. The molecule has 1 aliphatic rings. The molecule has 0 bridgehead atoms.